The van der Waals surface area contributed by atoms with E-state index < -0.39 is 10.0 Å². The Bertz CT molecular complexity index is 626. The number of sulfonamides is 1. The van der Waals surface area contributed by atoms with E-state index in [9.17, 15) is 13.2 Å². The van der Waals surface area contributed by atoms with E-state index in [2.05, 4.69) is 20.2 Å². The van der Waals surface area contributed by atoms with Crippen molar-refractivity contribution in [3.8, 4) is 0 Å². The molecule has 0 bridgehead atoms. The Balaban J connectivity index is 1.71. The van der Waals surface area contributed by atoms with E-state index in [0.29, 0.717) is 25.6 Å². The third kappa shape index (κ3) is 6.08. The molecule has 1 aromatic rings. The molecule has 0 saturated heterocycles. The van der Waals surface area contributed by atoms with E-state index >= 15 is 0 Å². The van der Waals surface area contributed by atoms with Crippen molar-refractivity contribution in [3.63, 3.8) is 0 Å². The summed E-state index contributed by atoms with van der Waals surface area (Å²) < 4.78 is 32.3. The molecule has 0 radical (unpaired) electrons. The number of ether oxygens (including phenoxy) is 1. The second-order valence-electron chi connectivity index (χ2n) is 5.66. The molecule has 24 heavy (non-hydrogen) atoms. The van der Waals surface area contributed by atoms with E-state index in [4.69, 9.17) is 4.74 Å². The maximum atomic E-state index is 12.1. The maximum absolute atomic E-state index is 12.1. The van der Waals surface area contributed by atoms with Crippen LogP contribution < -0.4 is 10.0 Å². The molecule has 1 aliphatic carbocycles. The average molecular weight is 377 g/mol. The van der Waals surface area contributed by atoms with Gasteiger partial charge in [0.2, 0.25) is 15.4 Å². The highest BCUT2D eigenvalue weighted by molar-refractivity contribution is 7.91. The Morgan fingerprint density at radius 2 is 2.04 bits per heavy atom. The van der Waals surface area contributed by atoms with Gasteiger partial charge in [0.05, 0.1) is 6.10 Å². The van der Waals surface area contributed by atoms with Gasteiger partial charge in [0.15, 0.2) is 0 Å². The van der Waals surface area contributed by atoms with Gasteiger partial charge in [0.25, 0.3) is 10.0 Å². The number of nitrogens with zero attached hydrogens (tertiary/aromatic N) is 2. The van der Waals surface area contributed by atoms with Crippen molar-refractivity contribution in [2.45, 2.75) is 62.3 Å². The summed E-state index contributed by atoms with van der Waals surface area (Å²) in [6.45, 7) is 2.53. The van der Waals surface area contributed by atoms with E-state index in [1.54, 1.807) is 6.92 Å². The molecule has 0 aliphatic heterocycles. The SMILES string of the molecule is CCC(=O)Nc1nnc(S(=O)(=O)NCCCOC2CCCCC2)s1. The first-order chi connectivity index (χ1) is 11.5. The summed E-state index contributed by atoms with van der Waals surface area (Å²) in [4.78, 5) is 11.3. The summed E-state index contributed by atoms with van der Waals surface area (Å²) in [5.41, 5.74) is 0. The summed E-state index contributed by atoms with van der Waals surface area (Å²) in [5, 5.41) is 9.96. The fourth-order valence-electron chi connectivity index (χ4n) is 2.40. The number of rotatable bonds is 9. The molecule has 2 rings (SSSR count). The number of nitrogens with one attached hydrogen (secondary N) is 2. The average Bonchev–Trinajstić information content (AvgIpc) is 3.04. The van der Waals surface area contributed by atoms with Crippen molar-refractivity contribution in [2.24, 2.45) is 0 Å². The fourth-order valence-corrected chi connectivity index (χ4v) is 4.43. The quantitative estimate of drug-likeness (QED) is 0.503. The second kappa shape index (κ2) is 9.40. The van der Waals surface area contributed by atoms with Crippen molar-refractivity contribution >= 4 is 32.4 Å². The number of aromatic nitrogens is 2. The smallest absolute Gasteiger partial charge is 0.269 e. The van der Waals surface area contributed by atoms with Crippen molar-refractivity contribution in [1.29, 1.82) is 0 Å². The van der Waals surface area contributed by atoms with Gasteiger partial charge in [-0.05, 0) is 19.3 Å². The zero-order valence-electron chi connectivity index (χ0n) is 13.8. The highest BCUT2D eigenvalue weighted by Gasteiger charge is 2.20. The number of carbonyl (C=O) groups excluding carboxylic acids is 1. The van der Waals surface area contributed by atoms with Gasteiger partial charge in [-0.3, -0.25) is 4.79 Å². The predicted octanol–water partition coefficient (Wildman–Crippen LogP) is 1.90. The van der Waals surface area contributed by atoms with Crippen LogP contribution in [-0.4, -0.2) is 43.8 Å². The van der Waals surface area contributed by atoms with Gasteiger partial charge in [-0.1, -0.05) is 37.5 Å². The maximum Gasteiger partial charge on any atom is 0.269 e. The van der Waals surface area contributed by atoms with Crippen molar-refractivity contribution < 1.29 is 17.9 Å². The minimum Gasteiger partial charge on any atom is -0.378 e. The van der Waals surface area contributed by atoms with Gasteiger partial charge >= 0.3 is 0 Å². The normalized spacial score (nSPS) is 16.2. The first kappa shape index (κ1) is 19.2. The molecule has 10 heteroatoms. The third-order valence-electron chi connectivity index (χ3n) is 3.72. The fraction of sp³-hybridized carbons (Fsp3) is 0.786. The van der Waals surface area contributed by atoms with Crippen LogP contribution in [0.1, 0.15) is 51.9 Å². The minimum absolute atomic E-state index is 0.151. The van der Waals surface area contributed by atoms with E-state index in [0.717, 1.165) is 24.2 Å². The molecule has 1 aliphatic rings. The van der Waals surface area contributed by atoms with Crippen molar-refractivity contribution in [3.05, 3.63) is 0 Å². The van der Waals surface area contributed by atoms with Crippen LogP contribution in [0.15, 0.2) is 4.34 Å². The number of hydrogen-bond donors (Lipinski definition) is 2. The van der Waals surface area contributed by atoms with Gasteiger partial charge in [-0.2, -0.15) is 0 Å². The van der Waals surface area contributed by atoms with Gasteiger partial charge in [-0.15, -0.1) is 10.2 Å². The molecule has 0 aromatic carbocycles. The monoisotopic (exact) mass is 376 g/mol. The van der Waals surface area contributed by atoms with E-state index in [1.807, 2.05) is 0 Å². The molecule has 2 N–H and O–H groups in total. The Morgan fingerprint density at radius 1 is 1.29 bits per heavy atom. The van der Waals surface area contributed by atoms with Crippen LogP contribution in [0.2, 0.25) is 0 Å². The van der Waals surface area contributed by atoms with Crippen LogP contribution in [-0.2, 0) is 19.6 Å². The van der Waals surface area contributed by atoms with Crippen LogP contribution in [0.3, 0.4) is 0 Å². The molecular weight excluding hydrogens is 352 g/mol. The van der Waals surface area contributed by atoms with Crippen LogP contribution in [0.4, 0.5) is 5.13 Å². The molecule has 0 atom stereocenters. The summed E-state index contributed by atoms with van der Waals surface area (Å²) >= 11 is 0.834. The number of anilines is 1. The molecule has 1 fully saturated rings. The van der Waals surface area contributed by atoms with Crippen LogP contribution in [0.25, 0.3) is 0 Å². The topological polar surface area (TPSA) is 110 Å². The largest absolute Gasteiger partial charge is 0.378 e. The van der Waals surface area contributed by atoms with E-state index in [1.165, 1.54) is 19.3 Å². The summed E-state index contributed by atoms with van der Waals surface area (Å²) in [6, 6.07) is 0. The second-order valence-corrected chi connectivity index (χ2v) is 8.58. The van der Waals surface area contributed by atoms with Crippen molar-refractivity contribution in [1.82, 2.24) is 14.9 Å². The highest BCUT2D eigenvalue weighted by Crippen LogP contribution is 2.21. The zero-order valence-corrected chi connectivity index (χ0v) is 15.4. The molecule has 136 valence electrons. The zero-order chi connectivity index (χ0) is 17.4. The first-order valence-electron chi connectivity index (χ1n) is 8.26. The third-order valence-corrected chi connectivity index (χ3v) is 6.39. The minimum atomic E-state index is -3.70. The standard InChI is InChI=1S/C14H24N4O4S2/c1-2-12(19)16-13-17-18-14(23-13)24(20,21)15-9-6-10-22-11-7-4-3-5-8-11/h11,15H,2-10H2,1H3,(H,16,17,19). The molecule has 1 amide bonds. The lowest BCUT2D eigenvalue weighted by molar-refractivity contribution is -0.115. The summed E-state index contributed by atoms with van der Waals surface area (Å²) in [7, 11) is -3.70. The van der Waals surface area contributed by atoms with Crippen LogP contribution >= 0.6 is 11.3 Å². The van der Waals surface area contributed by atoms with Gasteiger partial charge < -0.3 is 10.1 Å². The lowest BCUT2D eigenvalue weighted by Gasteiger charge is -2.21. The lowest BCUT2D eigenvalue weighted by Crippen LogP contribution is -2.26. The molecule has 1 saturated carbocycles. The summed E-state index contributed by atoms with van der Waals surface area (Å²) in [5.74, 6) is -0.233. The molecule has 0 unspecified atom stereocenters. The highest BCUT2D eigenvalue weighted by atomic mass is 32.2. The summed E-state index contributed by atoms with van der Waals surface area (Å²) in [6.07, 6.45) is 7.13. The van der Waals surface area contributed by atoms with Gasteiger partial charge in [0.1, 0.15) is 0 Å². The Kier molecular flexibility index (Phi) is 7.53. The van der Waals surface area contributed by atoms with Gasteiger partial charge in [-0.25, -0.2) is 13.1 Å². The Hall–Kier alpha value is -1.10. The lowest BCUT2D eigenvalue weighted by atomic mass is 9.98. The number of hydrogen-bond acceptors (Lipinski definition) is 7. The Morgan fingerprint density at radius 3 is 2.75 bits per heavy atom. The molecule has 1 aromatic heterocycles. The first-order valence-corrected chi connectivity index (χ1v) is 10.6. The number of carbonyl (C=O) groups is 1. The Labute approximate surface area is 146 Å². The van der Waals surface area contributed by atoms with Crippen LogP contribution in [0, 0.1) is 0 Å². The molecule has 1 heterocycles. The number of amides is 1. The molecular formula is C14H24N4O4S2. The van der Waals surface area contributed by atoms with E-state index in [-0.39, 0.29) is 21.9 Å². The molecule has 0 spiro atoms. The van der Waals surface area contributed by atoms with Gasteiger partial charge in [0, 0.05) is 19.6 Å². The van der Waals surface area contributed by atoms with Crippen molar-refractivity contribution in [2.75, 3.05) is 18.5 Å². The molecule has 8 nitrogen and oxygen atoms in total. The van der Waals surface area contributed by atoms with Crippen LogP contribution in [0.5, 0.6) is 0 Å². The predicted molar refractivity (Wildman–Crippen MR) is 91.5 cm³/mol.